The number of fused-ring (bicyclic) bond motifs is 1. The summed E-state index contributed by atoms with van der Waals surface area (Å²) in [6, 6.07) is 4.04. The molecule has 0 fully saturated rings. The van der Waals surface area contributed by atoms with Crippen LogP contribution in [0.4, 0.5) is 0 Å². The van der Waals surface area contributed by atoms with E-state index in [1.165, 1.54) is 5.56 Å². The largest absolute Gasteiger partial charge is 0.444 e. The van der Waals surface area contributed by atoms with Crippen molar-refractivity contribution in [1.82, 2.24) is 19.9 Å². The van der Waals surface area contributed by atoms with Gasteiger partial charge in [0.1, 0.15) is 12.1 Å². The molecule has 0 aliphatic carbocycles. The Morgan fingerprint density at radius 2 is 2.30 bits per heavy atom. The summed E-state index contributed by atoms with van der Waals surface area (Å²) in [4.78, 5) is 17.1. The molecule has 0 N–H and O–H groups in total. The predicted molar refractivity (Wildman–Crippen MR) is 89.0 cm³/mol. The van der Waals surface area contributed by atoms with E-state index < -0.39 is 0 Å². The van der Waals surface area contributed by atoms with Crippen molar-refractivity contribution < 1.29 is 4.42 Å². The van der Waals surface area contributed by atoms with Gasteiger partial charge >= 0.3 is 0 Å². The van der Waals surface area contributed by atoms with Crippen molar-refractivity contribution in [2.75, 3.05) is 6.54 Å². The molecule has 3 aromatic heterocycles. The van der Waals surface area contributed by atoms with Gasteiger partial charge in [0, 0.05) is 32.3 Å². The Labute approximate surface area is 139 Å². The molecule has 6 heteroatoms. The molecule has 0 saturated carbocycles. The van der Waals surface area contributed by atoms with Gasteiger partial charge in [0.05, 0.1) is 16.3 Å². The average Bonchev–Trinajstić information content (AvgIpc) is 3.25. The zero-order chi connectivity index (χ0) is 15.6. The summed E-state index contributed by atoms with van der Waals surface area (Å²) in [6.45, 7) is 4.73. The highest BCUT2D eigenvalue weighted by Gasteiger charge is 2.19. The molecule has 0 unspecified atom stereocenters. The lowest BCUT2D eigenvalue weighted by Crippen LogP contribution is -2.31. The number of oxazole rings is 1. The molecule has 23 heavy (non-hydrogen) atoms. The van der Waals surface area contributed by atoms with Crippen LogP contribution in [0.15, 0.2) is 34.4 Å². The van der Waals surface area contributed by atoms with Crippen LogP contribution in [-0.2, 0) is 25.9 Å². The molecule has 1 aliphatic rings. The zero-order valence-electron chi connectivity index (χ0n) is 13.0. The van der Waals surface area contributed by atoms with Gasteiger partial charge in [-0.2, -0.15) is 0 Å². The van der Waals surface area contributed by atoms with Gasteiger partial charge in [0.15, 0.2) is 0 Å². The molecular weight excluding hydrogens is 308 g/mol. The van der Waals surface area contributed by atoms with Gasteiger partial charge in [0.25, 0.3) is 0 Å². The Morgan fingerprint density at radius 3 is 3.13 bits per heavy atom. The van der Waals surface area contributed by atoms with Gasteiger partial charge < -0.3 is 4.42 Å². The lowest BCUT2D eigenvalue weighted by atomic mass is 10.1. The van der Waals surface area contributed by atoms with E-state index in [9.17, 15) is 0 Å². The van der Waals surface area contributed by atoms with E-state index in [0.717, 1.165) is 54.6 Å². The SMILES string of the molecule is CCc1ncc2c(n1)CN(Cc1coc(-c3cccs3)n1)CC2. The fourth-order valence-electron chi connectivity index (χ4n) is 2.83. The highest BCUT2D eigenvalue weighted by Crippen LogP contribution is 2.25. The molecule has 5 nitrogen and oxygen atoms in total. The summed E-state index contributed by atoms with van der Waals surface area (Å²) < 4.78 is 5.60. The third kappa shape index (κ3) is 3.04. The normalized spacial score (nSPS) is 14.8. The van der Waals surface area contributed by atoms with Crippen molar-refractivity contribution in [1.29, 1.82) is 0 Å². The zero-order valence-corrected chi connectivity index (χ0v) is 13.8. The molecule has 118 valence electrons. The lowest BCUT2D eigenvalue weighted by molar-refractivity contribution is 0.238. The van der Waals surface area contributed by atoms with Gasteiger partial charge in [-0.25, -0.2) is 15.0 Å². The standard InChI is InChI=1S/C17H18N4OS/c1-2-16-18-8-12-5-6-21(10-14(12)20-16)9-13-11-22-17(19-13)15-4-3-7-23-15/h3-4,7-8,11H,2,5-6,9-10H2,1H3. The first kappa shape index (κ1) is 14.5. The van der Waals surface area contributed by atoms with Crippen molar-refractivity contribution in [3.8, 4) is 10.8 Å². The molecule has 0 radical (unpaired) electrons. The van der Waals surface area contributed by atoms with Crippen molar-refractivity contribution in [2.24, 2.45) is 0 Å². The van der Waals surface area contributed by atoms with Crippen LogP contribution in [0, 0.1) is 0 Å². The molecular formula is C17H18N4OS. The van der Waals surface area contributed by atoms with E-state index in [-0.39, 0.29) is 0 Å². The molecule has 3 aromatic rings. The third-order valence-electron chi connectivity index (χ3n) is 4.06. The van der Waals surface area contributed by atoms with Crippen molar-refractivity contribution in [3.63, 3.8) is 0 Å². The van der Waals surface area contributed by atoms with Crippen LogP contribution in [0.25, 0.3) is 10.8 Å². The molecule has 4 heterocycles. The summed E-state index contributed by atoms with van der Waals surface area (Å²) in [7, 11) is 0. The van der Waals surface area contributed by atoms with Crippen LogP contribution < -0.4 is 0 Å². The summed E-state index contributed by atoms with van der Waals surface area (Å²) >= 11 is 1.64. The summed E-state index contributed by atoms with van der Waals surface area (Å²) in [5.74, 6) is 1.63. The van der Waals surface area contributed by atoms with Crippen molar-refractivity contribution in [3.05, 3.63) is 52.7 Å². The van der Waals surface area contributed by atoms with Crippen LogP contribution in [0.2, 0.25) is 0 Å². The lowest BCUT2D eigenvalue weighted by Gasteiger charge is -2.27. The molecule has 0 bridgehead atoms. The van der Waals surface area contributed by atoms with Gasteiger partial charge in [-0.05, 0) is 23.4 Å². The number of hydrogen-bond donors (Lipinski definition) is 0. The first-order chi connectivity index (χ1) is 11.3. The molecule has 0 amide bonds. The Bertz CT molecular complexity index is 797. The minimum absolute atomic E-state index is 0.711. The second kappa shape index (κ2) is 6.22. The minimum atomic E-state index is 0.711. The maximum absolute atomic E-state index is 5.60. The minimum Gasteiger partial charge on any atom is -0.444 e. The number of thiophene rings is 1. The molecule has 0 saturated heterocycles. The number of rotatable bonds is 4. The maximum Gasteiger partial charge on any atom is 0.236 e. The Balaban J connectivity index is 1.48. The van der Waals surface area contributed by atoms with E-state index in [0.29, 0.717) is 5.89 Å². The van der Waals surface area contributed by atoms with Crippen molar-refractivity contribution >= 4 is 11.3 Å². The number of nitrogens with zero attached hydrogens (tertiary/aromatic N) is 4. The molecule has 0 spiro atoms. The number of hydrogen-bond acceptors (Lipinski definition) is 6. The summed E-state index contributed by atoms with van der Waals surface area (Å²) in [5.41, 5.74) is 3.41. The third-order valence-corrected chi connectivity index (χ3v) is 4.92. The van der Waals surface area contributed by atoms with Gasteiger partial charge in [0.2, 0.25) is 5.89 Å². The molecule has 1 aliphatic heterocycles. The first-order valence-corrected chi connectivity index (χ1v) is 8.74. The molecule has 0 aromatic carbocycles. The van der Waals surface area contributed by atoms with E-state index in [1.807, 2.05) is 23.7 Å². The monoisotopic (exact) mass is 326 g/mol. The predicted octanol–water partition coefficient (Wildman–Crippen LogP) is 3.31. The van der Waals surface area contributed by atoms with Gasteiger partial charge in [-0.3, -0.25) is 4.90 Å². The summed E-state index contributed by atoms with van der Waals surface area (Å²) in [6.07, 6.45) is 5.63. The van der Waals surface area contributed by atoms with Crippen LogP contribution >= 0.6 is 11.3 Å². The Hall–Kier alpha value is -2.05. The second-order valence-corrected chi connectivity index (χ2v) is 6.64. The number of aryl methyl sites for hydroxylation is 1. The summed E-state index contributed by atoms with van der Waals surface area (Å²) in [5, 5.41) is 2.03. The van der Waals surface area contributed by atoms with Crippen molar-refractivity contribution in [2.45, 2.75) is 32.9 Å². The first-order valence-electron chi connectivity index (χ1n) is 7.86. The Kier molecular flexibility index (Phi) is 3.93. The maximum atomic E-state index is 5.60. The van der Waals surface area contributed by atoms with E-state index in [1.54, 1.807) is 17.6 Å². The average molecular weight is 326 g/mol. The quantitative estimate of drug-likeness (QED) is 0.736. The van der Waals surface area contributed by atoms with E-state index in [2.05, 4.69) is 26.8 Å². The van der Waals surface area contributed by atoms with Crippen LogP contribution in [-0.4, -0.2) is 26.4 Å². The van der Waals surface area contributed by atoms with Crippen LogP contribution in [0.3, 0.4) is 0 Å². The highest BCUT2D eigenvalue weighted by atomic mass is 32.1. The number of aromatic nitrogens is 3. The molecule has 0 atom stereocenters. The fraction of sp³-hybridized carbons (Fsp3) is 0.353. The van der Waals surface area contributed by atoms with E-state index >= 15 is 0 Å². The van der Waals surface area contributed by atoms with Crippen LogP contribution in [0.5, 0.6) is 0 Å². The topological polar surface area (TPSA) is 55.1 Å². The Morgan fingerprint density at radius 1 is 1.35 bits per heavy atom. The molecule has 4 rings (SSSR count). The highest BCUT2D eigenvalue weighted by molar-refractivity contribution is 7.13. The van der Waals surface area contributed by atoms with Crippen LogP contribution in [0.1, 0.15) is 29.7 Å². The fourth-order valence-corrected chi connectivity index (χ4v) is 3.48. The second-order valence-electron chi connectivity index (χ2n) is 5.69. The smallest absolute Gasteiger partial charge is 0.236 e. The van der Waals surface area contributed by atoms with E-state index in [4.69, 9.17) is 4.42 Å². The van der Waals surface area contributed by atoms with Gasteiger partial charge in [-0.1, -0.05) is 13.0 Å². The van der Waals surface area contributed by atoms with Gasteiger partial charge in [-0.15, -0.1) is 11.3 Å².